The van der Waals surface area contributed by atoms with Gasteiger partial charge in [0.1, 0.15) is 0 Å². The minimum Gasteiger partial charge on any atom is -0.381 e. The average Bonchev–Trinajstić information content (AvgIpc) is 2.44. The first kappa shape index (κ1) is 13.3. The first-order valence-corrected chi connectivity index (χ1v) is 8.65. The molecule has 1 heterocycles. The zero-order chi connectivity index (χ0) is 13.2. The van der Waals surface area contributed by atoms with E-state index >= 15 is 0 Å². The Morgan fingerprint density at radius 2 is 1.95 bits per heavy atom. The van der Waals surface area contributed by atoms with Crippen LogP contribution in [0.5, 0.6) is 0 Å². The summed E-state index contributed by atoms with van der Waals surface area (Å²) in [7, 11) is 0. The van der Waals surface area contributed by atoms with E-state index in [9.17, 15) is 0 Å². The standard InChI is InChI=1S/C16H18BrNS/c1-11-15(7-4-10-19-11)18-16-9-8-14(17)12-5-2-3-6-13(12)16/h2-3,5-6,8-9,11,15,18H,4,7,10H2,1H3. The van der Waals surface area contributed by atoms with Crippen LogP contribution in [0.2, 0.25) is 0 Å². The van der Waals surface area contributed by atoms with Crippen molar-refractivity contribution in [1.29, 1.82) is 0 Å². The molecule has 1 saturated heterocycles. The van der Waals surface area contributed by atoms with Crippen LogP contribution in [-0.4, -0.2) is 17.0 Å². The molecule has 2 unspecified atom stereocenters. The minimum absolute atomic E-state index is 0.586. The van der Waals surface area contributed by atoms with Crippen LogP contribution >= 0.6 is 27.7 Å². The van der Waals surface area contributed by atoms with Gasteiger partial charge in [-0.15, -0.1) is 0 Å². The van der Waals surface area contributed by atoms with E-state index in [1.165, 1.54) is 39.5 Å². The summed E-state index contributed by atoms with van der Waals surface area (Å²) in [6.07, 6.45) is 2.60. The number of hydrogen-bond donors (Lipinski definition) is 1. The molecule has 0 saturated carbocycles. The summed E-state index contributed by atoms with van der Waals surface area (Å²) in [4.78, 5) is 0. The van der Waals surface area contributed by atoms with E-state index in [1.54, 1.807) is 0 Å². The third-order valence-electron chi connectivity index (χ3n) is 3.82. The third-order valence-corrected chi connectivity index (χ3v) is 5.89. The summed E-state index contributed by atoms with van der Waals surface area (Å²) < 4.78 is 1.17. The molecule has 0 spiro atoms. The van der Waals surface area contributed by atoms with Gasteiger partial charge in [0.05, 0.1) is 0 Å². The number of nitrogens with one attached hydrogen (secondary N) is 1. The Bertz CT molecular complexity index is 584. The predicted molar refractivity (Wildman–Crippen MR) is 90.2 cm³/mol. The second kappa shape index (κ2) is 5.76. The Hall–Kier alpha value is -0.670. The maximum absolute atomic E-state index is 3.76. The number of rotatable bonds is 2. The van der Waals surface area contributed by atoms with E-state index in [4.69, 9.17) is 0 Å². The van der Waals surface area contributed by atoms with Crippen molar-refractivity contribution in [2.45, 2.75) is 31.1 Å². The SMILES string of the molecule is CC1SCCCC1Nc1ccc(Br)c2ccccc12. The zero-order valence-corrected chi connectivity index (χ0v) is 13.4. The fourth-order valence-electron chi connectivity index (χ4n) is 2.70. The van der Waals surface area contributed by atoms with Crippen LogP contribution < -0.4 is 5.32 Å². The van der Waals surface area contributed by atoms with E-state index in [1.807, 2.05) is 0 Å². The normalized spacial score (nSPS) is 23.5. The molecule has 100 valence electrons. The summed E-state index contributed by atoms with van der Waals surface area (Å²) in [6, 6.07) is 13.5. The highest BCUT2D eigenvalue weighted by Gasteiger charge is 2.22. The van der Waals surface area contributed by atoms with Crippen LogP contribution in [-0.2, 0) is 0 Å². The fourth-order valence-corrected chi connectivity index (χ4v) is 4.32. The summed E-state index contributed by atoms with van der Waals surface area (Å²) in [5, 5.41) is 7.04. The molecule has 1 nitrogen and oxygen atoms in total. The first-order valence-electron chi connectivity index (χ1n) is 6.81. The van der Waals surface area contributed by atoms with Crippen molar-refractivity contribution in [3.8, 4) is 0 Å². The molecule has 3 rings (SSSR count). The molecule has 2 atom stereocenters. The van der Waals surface area contributed by atoms with Gasteiger partial charge in [-0.3, -0.25) is 0 Å². The van der Waals surface area contributed by atoms with Crippen molar-refractivity contribution in [1.82, 2.24) is 0 Å². The monoisotopic (exact) mass is 335 g/mol. The highest BCUT2D eigenvalue weighted by molar-refractivity contribution is 9.10. The Kier molecular flexibility index (Phi) is 4.04. The molecule has 19 heavy (non-hydrogen) atoms. The largest absolute Gasteiger partial charge is 0.381 e. The van der Waals surface area contributed by atoms with Crippen molar-refractivity contribution in [3.63, 3.8) is 0 Å². The van der Waals surface area contributed by atoms with Crippen LogP contribution in [0.4, 0.5) is 5.69 Å². The van der Waals surface area contributed by atoms with Gasteiger partial charge in [-0.1, -0.05) is 47.1 Å². The predicted octanol–water partition coefficient (Wildman–Crippen LogP) is 5.30. The molecule has 0 radical (unpaired) electrons. The molecule has 1 N–H and O–H groups in total. The smallest absolute Gasteiger partial charge is 0.0423 e. The maximum Gasteiger partial charge on any atom is 0.0423 e. The lowest BCUT2D eigenvalue weighted by Crippen LogP contribution is -2.32. The van der Waals surface area contributed by atoms with Crippen molar-refractivity contribution < 1.29 is 0 Å². The quantitative estimate of drug-likeness (QED) is 0.799. The molecule has 2 aromatic rings. The van der Waals surface area contributed by atoms with E-state index in [0.717, 1.165) is 0 Å². The molecule has 2 aromatic carbocycles. The first-order chi connectivity index (χ1) is 9.25. The fraction of sp³-hybridized carbons (Fsp3) is 0.375. The van der Waals surface area contributed by atoms with E-state index in [0.29, 0.717) is 11.3 Å². The summed E-state index contributed by atoms with van der Waals surface area (Å²) in [6.45, 7) is 2.34. The number of hydrogen-bond acceptors (Lipinski definition) is 2. The van der Waals surface area contributed by atoms with E-state index < -0.39 is 0 Å². The highest BCUT2D eigenvalue weighted by atomic mass is 79.9. The third kappa shape index (κ3) is 2.77. The minimum atomic E-state index is 0.586. The molecule has 1 fully saturated rings. The van der Waals surface area contributed by atoms with Crippen LogP contribution in [0.15, 0.2) is 40.9 Å². The molecule has 0 bridgehead atoms. The molecule has 0 amide bonds. The summed E-state index contributed by atoms with van der Waals surface area (Å²) in [5.41, 5.74) is 1.26. The van der Waals surface area contributed by atoms with Gasteiger partial charge in [-0.2, -0.15) is 11.8 Å². The average molecular weight is 336 g/mol. The maximum atomic E-state index is 3.76. The van der Waals surface area contributed by atoms with Gasteiger partial charge < -0.3 is 5.32 Å². The highest BCUT2D eigenvalue weighted by Crippen LogP contribution is 2.33. The van der Waals surface area contributed by atoms with Gasteiger partial charge in [0.15, 0.2) is 0 Å². The Labute approximate surface area is 127 Å². The Morgan fingerprint density at radius 3 is 2.74 bits per heavy atom. The zero-order valence-electron chi connectivity index (χ0n) is 11.0. The lowest BCUT2D eigenvalue weighted by Gasteiger charge is -2.30. The van der Waals surface area contributed by atoms with E-state index in [-0.39, 0.29) is 0 Å². The number of anilines is 1. The van der Waals surface area contributed by atoms with Crippen molar-refractivity contribution in [2.24, 2.45) is 0 Å². The van der Waals surface area contributed by atoms with Gasteiger partial charge in [-0.25, -0.2) is 0 Å². The second-order valence-corrected chi connectivity index (χ2v) is 7.45. The number of fused-ring (bicyclic) bond motifs is 1. The van der Waals surface area contributed by atoms with Crippen molar-refractivity contribution in [2.75, 3.05) is 11.1 Å². The molecular formula is C16H18BrNS. The summed E-state index contributed by atoms with van der Waals surface area (Å²) >= 11 is 5.72. The molecular weight excluding hydrogens is 318 g/mol. The molecule has 1 aliphatic heterocycles. The summed E-state index contributed by atoms with van der Waals surface area (Å²) in [5.74, 6) is 1.31. The van der Waals surface area contributed by atoms with Crippen molar-refractivity contribution >= 4 is 44.2 Å². The van der Waals surface area contributed by atoms with Gasteiger partial charge in [0.2, 0.25) is 0 Å². The molecule has 1 aliphatic rings. The van der Waals surface area contributed by atoms with Gasteiger partial charge >= 0.3 is 0 Å². The van der Waals surface area contributed by atoms with Crippen LogP contribution in [0.25, 0.3) is 10.8 Å². The second-order valence-electron chi connectivity index (χ2n) is 5.11. The molecule has 0 aliphatic carbocycles. The number of benzene rings is 2. The molecule has 3 heteroatoms. The Morgan fingerprint density at radius 1 is 1.16 bits per heavy atom. The van der Waals surface area contributed by atoms with Crippen LogP contribution in [0.1, 0.15) is 19.8 Å². The lowest BCUT2D eigenvalue weighted by atomic mass is 10.1. The topological polar surface area (TPSA) is 12.0 Å². The van der Waals surface area contributed by atoms with Gasteiger partial charge in [0, 0.05) is 26.8 Å². The van der Waals surface area contributed by atoms with Gasteiger partial charge in [0.25, 0.3) is 0 Å². The van der Waals surface area contributed by atoms with Gasteiger partial charge in [-0.05, 0) is 36.1 Å². The van der Waals surface area contributed by atoms with Crippen LogP contribution in [0.3, 0.4) is 0 Å². The number of halogens is 1. The lowest BCUT2D eigenvalue weighted by molar-refractivity contribution is 0.618. The molecule has 0 aromatic heterocycles. The van der Waals surface area contributed by atoms with Crippen molar-refractivity contribution in [3.05, 3.63) is 40.9 Å². The van der Waals surface area contributed by atoms with E-state index in [2.05, 4.69) is 76.3 Å². The van der Waals surface area contributed by atoms with Crippen LogP contribution in [0, 0.1) is 0 Å². The number of thioether (sulfide) groups is 1. The Balaban J connectivity index is 1.94.